The summed E-state index contributed by atoms with van der Waals surface area (Å²) in [7, 11) is 1.98. The molecule has 0 aliphatic carbocycles. The second-order valence-corrected chi connectivity index (χ2v) is 7.59. The van der Waals surface area contributed by atoms with Crippen LogP contribution in [-0.2, 0) is 18.2 Å². The molecule has 0 amide bonds. The van der Waals surface area contributed by atoms with Crippen LogP contribution in [0.1, 0.15) is 46.1 Å². The molecule has 1 aliphatic rings. The van der Waals surface area contributed by atoms with Crippen LogP contribution in [0.25, 0.3) is 0 Å². The highest BCUT2D eigenvalue weighted by molar-refractivity contribution is 14.0. The lowest BCUT2D eigenvalue weighted by Crippen LogP contribution is -2.40. The van der Waals surface area contributed by atoms with Crippen LogP contribution in [0.4, 0.5) is 0 Å². The molecule has 1 saturated heterocycles. The molecule has 6 nitrogen and oxygen atoms in total. The van der Waals surface area contributed by atoms with E-state index in [0.717, 1.165) is 51.6 Å². The first kappa shape index (κ1) is 24.2. The van der Waals surface area contributed by atoms with Crippen molar-refractivity contribution in [3.8, 4) is 0 Å². The number of nitrogens with zero attached hydrogens (tertiary/aromatic N) is 4. The van der Waals surface area contributed by atoms with Gasteiger partial charge in [-0.2, -0.15) is 5.10 Å². The number of aromatic nitrogens is 2. The number of likely N-dealkylation sites (tertiary alicyclic amines) is 1. The van der Waals surface area contributed by atoms with Gasteiger partial charge in [-0.3, -0.25) is 9.67 Å². The summed E-state index contributed by atoms with van der Waals surface area (Å²) in [5, 5.41) is 7.75. The Kier molecular flexibility index (Phi) is 11.3. The summed E-state index contributed by atoms with van der Waals surface area (Å²) < 4.78 is 7.73. The molecule has 1 aliphatic heterocycles. The molecule has 1 N–H and O–H groups in total. The van der Waals surface area contributed by atoms with Gasteiger partial charge in [-0.25, -0.2) is 0 Å². The largest absolute Gasteiger partial charge is 0.378 e. The van der Waals surface area contributed by atoms with Crippen LogP contribution in [0.5, 0.6) is 0 Å². The maximum absolute atomic E-state index is 5.84. The van der Waals surface area contributed by atoms with Crippen LogP contribution in [-0.4, -0.2) is 59.5 Å². The van der Waals surface area contributed by atoms with E-state index in [1.165, 1.54) is 12.0 Å². The molecule has 2 unspecified atom stereocenters. The molecule has 27 heavy (non-hydrogen) atoms. The van der Waals surface area contributed by atoms with Gasteiger partial charge in [0.15, 0.2) is 5.96 Å². The number of aryl methyl sites for hydroxylation is 1. The molecule has 1 aromatic rings. The minimum atomic E-state index is 0. The van der Waals surface area contributed by atoms with Gasteiger partial charge in [-0.1, -0.05) is 13.8 Å². The standard InChI is InChI=1S/C20H37N5O.HI/c1-6-21-20(22-10-8-19(16(3)4)26-7-2)25-11-9-17(15-25)12-18-13-23-24(5)14-18;/h13-14,16-17,19H,6-12,15H2,1-5H3,(H,21,22);1H. The number of nitrogens with one attached hydrogen (secondary N) is 1. The number of hydrogen-bond donors (Lipinski definition) is 1. The maximum atomic E-state index is 5.84. The third-order valence-corrected chi connectivity index (χ3v) is 5.00. The fourth-order valence-electron chi connectivity index (χ4n) is 3.65. The van der Waals surface area contributed by atoms with E-state index >= 15 is 0 Å². The number of ether oxygens (including phenoxy) is 1. The minimum Gasteiger partial charge on any atom is -0.378 e. The van der Waals surface area contributed by atoms with Crippen LogP contribution >= 0.6 is 24.0 Å². The van der Waals surface area contributed by atoms with Crippen molar-refractivity contribution in [2.75, 3.05) is 32.8 Å². The van der Waals surface area contributed by atoms with E-state index < -0.39 is 0 Å². The highest BCUT2D eigenvalue weighted by Crippen LogP contribution is 2.21. The van der Waals surface area contributed by atoms with Crippen molar-refractivity contribution >= 4 is 29.9 Å². The Morgan fingerprint density at radius 1 is 1.41 bits per heavy atom. The molecule has 2 heterocycles. The van der Waals surface area contributed by atoms with Gasteiger partial charge in [0.05, 0.1) is 12.3 Å². The van der Waals surface area contributed by atoms with Gasteiger partial charge in [0.25, 0.3) is 0 Å². The normalized spacial score (nSPS) is 18.7. The topological polar surface area (TPSA) is 54.7 Å². The van der Waals surface area contributed by atoms with E-state index in [4.69, 9.17) is 9.73 Å². The van der Waals surface area contributed by atoms with Gasteiger partial charge < -0.3 is 15.0 Å². The smallest absolute Gasteiger partial charge is 0.193 e. The predicted molar refractivity (Wildman–Crippen MR) is 123 cm³/mol. The number of halogens is 1. The van der Waals surface area contributed by atoms with Crippen LogP contribution in [0.3, 0.4) is 0 Å². The van der Waals surface area contributed by atoms with Gasteiger partial charge in [0.2, 0.25) is 0 Å². The van der Waals surface area contributed by atoms with E-state index in [-0.39, 0.29) is 24.0 Å². The van der Waals surface area contributed by atoms with Crippen molar-refractivity contribution < 1.29 is 4.74 Å². The van der Waals surface area contributed by atoms with Crippen molar-refractivity contribution in [3.63, 3.8) is 0 Å². The molecule has 2 rings (SSSR count). The Labute approximate surface area is 182 Å². The van der Waals surface area contributed by atoms with Crippen LogP contribution in [0.15, 0.2) is 17.4 Å². The van der Waals surface area contributed by atoms with E-state index in [1.807, 2.05) is 17.9 Å². The highest BCUT2D eigenvalue weighted by Gasteiger charge is 2.25. The minimum absolute atomic E-state index is 0. The summed E-state index contributed by atoms with van der Waals surface area (Å²) in [5.74, 6) is 2.26. The molecular formula is C20H38IN5O. The van der Waals surface area contributed by atoms with Crippen molar-refractivity contribution in [3.05, 3.63) is 18.0 Å². The van der Waals surface area contributed by atoms with Crippen molar-refractivity contribution in [1.29, 1.82) is 0 Å². The molecule has 7 heteroatoms. The van der Waals surface area contributed by atoms with Crippen molar-refractivity contribution in [2.45, 2.75) is 53.1 Å². The van der Waals surface area contributed by atoms with E-state index in [2.05, 4.69) is 49.2 Å². The molecule has 0 saturated carbocycles. The third-order valence-electron chi connectivity index (χ3n) is 5.00. The molecular weight excluding hydrogens is 453 g/mol. The third kappa shape index (κ3) is 7.97. The lowest BCUT2D eigenvalue weighted by Gasteiger charge is -2.23. The fraction of sp³-hybridized carbons (Fsp3) is 0.800. The zero-order valence-corrected chi connectivity index (χ0v) is 20.0. The molecule has 0 bridgehead atoms. The first-order valence-electron chi connectivity index (χ1n) is 10.2. The van der Waals surface area contributed by atoms with Crippen LogP contribution in [0.2, 0.25) is 0 Å². The van der Waals surface area contributed by atoms with Gasteiger partial charge in [-0.15, -0.1) is 24.0 Å². The maximum Gasteiger partial charge on any atom is 0.193 e. The fourth-order valence-corrected chi connectivity index (χ4v) is 3.65. The molecule has 156 valence electrons. The Morgan fingerprint density at radius 2 is 2.19 bits per heavy atom. The summed E-state index contributed by atoms with van der Waals surface area (Å²) in [5.41, 5.74) is 1.33. The zero-order valence-electron chi connectivity index (χ0n) is 17.6. The van der Waals surface area contributed by atoms with Crippen molar-refractivity contribution in [2.24, 2.45) is 23.9 Å². The Bertz CT molecular complexity index is 560. The van der Waals surface area contributed by atoms with Gasteiger partial charge in [-0.05, 0) is 50.5 Å². The van der Waals surface area contributed by atoms with Gasteiger partial charge >= 0.3 is 0 Å². The predicted octanol–water partition coefficient (Wildman–Crippen LogP) is 3.32. The second kappa shape index (κ2) is 12.6. The molecule has 0 spiro atoms. The quantitative estimate of drug-likeness (QED) is 0.327. The Balaban J connectivity index is 0.00000364. The number of aliphatic imine (C=N–C) groups is 1. The highest BCUT2D eigenvalue weighted by atomic mass is 127. The molecule has 1 aromatic heterocycles. The van der Waals surface area contributed by atoms with Crippen LogP contribution in [0, 0.1) is 11.8 Å². The molecule has 0 aromatic carbocycles. The Morgan fingerprint density at radius 3 is 2.78 bits per heavy atom. The summed E-state index contributed by atoms with van der Waals surface area (Å²) in [6.45, 7) is 13.3. The lowest BCUT2D eigenvalue weighted by molar-refractivity contribution is 0.0266. The van der Waals surface area contributed by atoms with Gasteiger partial charge in [0.1, 0.15) is 0 Å². The molecule has 1 fully saturated rings. The lowest BCUT2D eigenvalue weighted by atomic mass is 10.0. The number of guanidine groups is 1. The SMILES string of the molecule is CCNC(=NCCC(OCC)C(C)C)N1CCC(Cc2cnn(C)c2)C1.I. The average Bonchev–Trinajstić information content (AvgIpc) is 3.22. The molecule has 0 radical (unpaired) electrons. The number of rotatable bonds is 9. The number of hydrogen-bond acceptors (Lipinski definition) is 3. The van der Waals surface area contributed by atoms with Crippen molar-refractivity contribution in [1.82, 2.24) is 20.0 Å². The second-order valence-electron chi connectivity index (χ2n) is 7.59. The summed E-state index contributed by atoms with van der Waals surface area (Å²) in [6, 6.07) is 0. The first-order valence-corrected chi connectivity index (χ1v) is 10.2. The van der Waals surface area contributed by atoms with Crippen LogP contribution < -0.4 is 5.32 Å². The average molecular weight is 491 g/mol. The zero-order chi connectivity index (χ0) is 18.9. The van der Waals surface area contributed by atoms with E-state index in [1.54, 1.807) is 0 Å². The monoisotopic (exact) mass is 491 g/mol. The Hall–Kier alpha value is -0.830. The van der Waals surface area contributed by atoms with Gasteiger partial charge in [0, 0.05) is 46.0 Å². The summed E-state index contributed by atoms with van der Waals surface area (Å²) in [6.07, 6.45) is 7.70. The van der Waals surface area contributed by atoms with E-state index in [0.29, 0.717) is 17.9 Å². The first-order chi connectivity index (χ1) is 12.5. The molecule has 2 atom stereocenters. The van der Waals surface area contributed by atoms with E-state index in [9.17, 15) is 0 Å². The summed E-state index contributed by atoms with van der Waals surface area (Å²) >= 11 is 0. The summed E-state index contributed by atoms with van der Waals surface area (Å²) in [4.78, 5) is 7.29.